The van der Waals surface area contributed by atoms with E-state index in [1.807, 2.05) is 6.92 Å². The summed E-state index contributed by atoms with van der Waals surface area (Å²) in [5, 5.41) is 0. The van der Waals surface area contributed by atoms with Crippen LogP contribution in [-0.4, -0.2) is 11.0 Å². The Balaban J connectivity index is 2.34. The lowest BCUT2D eigenvalue weighted by atomic mass is 9.77. The molecule has 3 rings (SSSR count). The van der Waals surface area contributed by atoms with E-state index in [9.17, 15) is 9.18 Å². The molecule has 1 aliphatic heterocycles. The summed E-state index contributed by atoms with van der Waals surface area (Å²) in [4.78, 5) is 11.5. The second-order valence-corrected chi connectivity index (χ2v) is 5.95. The maximum absolute atomic E-state index is 13.8. The van der Waals surface area contributed by atoms with Crippen LogP contribution in [0.15, 0.2) is 15.0 Å². The Morgan fingerprint density at radius 2 is 2.16 bits per heavy atom. The third kappa shape index (κ3) is 1.77. The van der Waals surface area contributed by atoms with Gasteiger partial charge in [-0.25, -0.2) is 4.79 Å². The zero-order chi connectivity index (χ0) is 13.7. The zero-order valence-electron chi connectivity index (χ0n) is 10.8. The summed E-state index contributed by atoms with van der Waals surface area (Å²) >= 11 is 2.30. The van der Waals surface area contributed by atoms with E-state index in [1.54, 1.807) is 6.92 Å². The van der Waals surface area contributed by atoms with Crippen LogP contribution in [0, 0.1) is 18.7 Å². The number of rotatable bonds is 1. The van der Waals surface area contributed by atoms with E-state index in [0.29, 0.717) is 17.9 Å². The highest BCUT2D eigenvalue weighted by atomic mass is 127. The second-order valence-electron chi connectivity index (χ2n) is 5.06. The van der Waals surface area contributed by atoms with Crippen LogP contribution in [-0.2, 0) is 4.74 Å². The molecule has 102 valence electrons. The fourth-order valence-electron chi connectivity index (χ4n) is 3.16. The lowest BCUT2D eigenvalue weighted by Crippen LogP contribution is -2.24. The van der Waals surface area contributed by atoms with Gasteiger partial charge >= 0.3 is 5.63 Å². The number of hydrogen-bond donors (Lipinski definition) is 0. The van der Waals surface area contributed by atoms with Crippen LogP contribution in [0.4, 0.5) is 4.39 Å². The predicted octanol–water partition coefficient (Wildman–Crippen LogP) is 3.39. The fourth-order valence-corrected chi connectivity index (χ4v) is 4.22. The molecule has 0 N–H and O–H groups in total. The molecule has 19 heavy (non-hydrogen) atoms. The maximum Gasteiger partial charge on any atom is 0.372 e. The van der Waals surface area contributed by atoms with Gasteiger partial charge in [-0.15, -0.1) is 0 Å². The van der Waals surface area contributed by atoms with E-state index in [2.05, 4.69) is 22.6 Å². The molecule has 2 atom stereocenters. The number of halogens is 2. The first-order valence-corrected chi connectivity index (χ1v) is 7.81. The number of hydrogen-bond acceptors (Lipinski definition) is 3. The normalized spacial score (nSPS) is 25.1. The first-order chi connectivity index (χ1) is 9.06. The van der Waals surface area contributed by atoms with Gasteiger partial charge < -0.3 is 9.15 Å². The SMILES string of the molecule is CC1=C2OCCC2C(CI)c2c1oc(=O)c(F)c2C. The highest BCUT2D eigenvalue weighted by molar-refractivity contribution is 14.1. The Bertz CT molecular complexity index is 632. The van der Waals surface area contributed by atoms with Gasteiger partial charge in [0.2, 0.25) is 5.82 Å². The van der Waals surface area contributed by atoms with Gasteiger partial charge in [0, 0.05) is 27.4 Å². The minimum Gasteiger partial charge on any atom is -0.497 e. The number of ether oxygens (including phenoxy) is 1. The molecule has 2 aliphatic rings. The van der Waals surface area contributed by atoms with Crippen molar-refractivity contribution in [2.24, 2.45) is 5.92 Å². The molecule has 0 saturated carbocycles. The third-order valence-electron chi connectivity index (χ3n) is 4.11. The maximum atomic E-state index is 13.8. The summed E-state index contributed by atoms with van der Waals surface area (Å²) in [6, 6.07) is 0. The van der Waals surface area contributed by atoms with Crippen molar-refractivity contribution in [1.29, 1.82) is 0 Å². The lowest BCUT2D eigenvalue weighted by Gasteiger charge is -2.30. The standard InChI is InChI=1S/C14H14FIO3/c1-6-10-9(5-16)8-3-4-18-12(8)7(2)13(10)19-14(17)11(6)15/h8-9H,3-5H2,1-2H3. The summed E-state index contributed by atoms with van der Waals surface area (Å²) in [6.07, 6.45) is 0.944. The average Bonchev–Trinajstić information content (AvgIpc) is 2.87. The van der Waals surface area contributed by atoms with Crippen LogP contribution in [0.1, 0.15) is 36.1 Å². The molecule has 1 saturated heterocycles. The zero-order valence-corrected chi connectivity index (χ0v) is 12.9. The van der Waals surface area contributed by atoms with Crippen molar-refractivity contribution in [1.82, 2.24) is 0 Å². The largest absolute Gasteiger partial charge is 0.497 e. The number of allylic oxidation sites excluding steroid dienone is 2. The molecular weight excluding hydrogens is 362 g/mol. The van der Waals surface area contributed by atoms with Crippen LogP contribution in [0.3, 0.4) is 0 Å². The molecule has 0 spiro atoms. The summed E-state index contributed by atoms with van der Waals surface area (Å²) in [6.45, 7) is 4.24. The quantitative estimate of drug-likeness (QED) is 0.557. The topological polar surface area (TPSA) is 39.4 Å². The number of alkyl halides is 1. The van der Waals surface area contributed by atoms with E-state index in [1.165, 1.54) is 0 Å². The predicted molar refractivity (Wildman–Crippen MR) is 78.0 cm³/mol. The first-order valence-electron chi connectivity index (χ1n) is 6.29. The van der Waals surface area contributed by atoms with Crippen molar-refractivity contribution in [3.8, 4) is 0 Å². The van der Waals surface area contributed by atoms with Gasteiger partial charge in [0.1, 0.15) is 11.5 Å². The van der Waals surface area contributed by atoms with E-state index in [-0.39, 0.29) is 11.8 Å². The Morgan fingerprint density at radius 3 is 2.84 bits per heavy atom. The van der Waals surface area contributed by atoms with E-state index >= 15 is 0 Å². The smallest absolute Gasteiger partial charge is 0.372 e. The summed E-state index contributed by atoms with van der Waals surface area (Å²) < 4.78 is 25.6. The fraction of sp³-hybridized carbons (Fsp3) is 0.500. The summed E-state index contributed by atoms with van der Waals surface area (Å²) in [7, 11) is 0. The third-order valence-corrected chi connectivity index (χ3v) is 5.06. The van der Waals surface area contributed by atoms with Gasteiger partial charge in [0.25, 0.3) is 0 Å². The molecule has 0 radical (unpaired) electrons. The van der Waals surface area contributed by atoms with Crippen molar-refractivity contribution in [3.05, 3.63) is 38.9 Å². The van der Waals surface area contributed by atoms with Crippen molar-refractivity contribution >= 4 is 28.2 Å². The molecule has 0 aromatic carbocycles. The highest BCUT2D eigenvalue weighted by Crippen LogP contribution is 2.48. The monoisotopic (exact) mass is 376 g/mol. The first kappa shape index (κ1) is 13.1. The molecule has 0 bridgehead atoms. The molecule has 3 nitrogen and oxygen atoms in total. The van der Waals surface area contributed by atoms with Gasteiger partial charge in [-0.1, -0.05) is 22.6 Å². The second kappa shape index (κ2) is 4.61. The van der Waals surface area contributed by atoms with Gasteiger partial charge in [0.15, 0.2) is 0 Å². The van der Waals surface area contributed by atoms with Crippen LogP contribution in [0.5, 0.6) is 0 Å². The minimum atomic E-state index is -0.889. The molecule has 2 unspecified atom stereocenters. The molecule has 1 fully saturated rings. The van der Waals surface area contributed by atoms with Gasteiger partial charge in [-0.05, 0) is 25.8 Å². The highest BCUT2D eigenvalue weighted by Gasteiger charge is 2.41. The van der Waals surface area contributed by atoms with Gasteiger partial charge in [-0.3, -0.25) is 0 Å². The van der Waals surface area contributed by atoms with Crippen LogP contribution in [0.25, 0.3) is 5.57 Å². The summed E-state index contributed by atoms with van der Waals surface area (Å²) in [5.74, 6) is 1.12. The minimum absolute atomic E-state index is 0.163. The van der Waals surface area contributed by atoms with Crippen LogP contribution in [0.2, 0.25) is 0 Å². The van der Waals surface area contributed by atoms with Crippen molar-refractivity contribution < 1.29 is 13.5 Å². The van der Waals surface area contributed by atoms with Crippen molar-refractivity contribution in [2.75, 3.05) is 11.0 Å². The van der Waals surface area contributed by atoms with Gasteiger partial charge in [-0.2, -0.15) is 4.39 Å². The average molecular weight is 376 g/mol. The summed E-state index contributed by atoms with van der Waals surface area (Å²) in [5.41, 5.74) is 1.24. The van der Waals surface area contributed by atoms with Crippen LogP contribution >= 0.6 is 22.6 Å². The molecule has 5 heteroatoms. The van der Waals surface area contributed by atoms with E-state index in [4.69, 9.17) is 9.15 Å². The lowest BCUT2D eigenvalue weighted by molar-refractivity contribution is 0.255. The van der Waals surface area contributed by atoms with Gasteiger partial charge in [0.05, 0.1) is 6.61 Å². The van der Waals surface area contributed by atoms with Crippen molar-refractivity contribution in [3.63, 3.8) is 0 Å². The molecule has 2 heterocycles. The number of fused-ring (bicyclic) bond motifs is 2. The van der Waals surface area contributed by atoms with Crippen molar-refractivity contribution in [2.45, 2.75) is 26.2 Å². The van der Waals surface area contributed by atoms with Crippen LogP contribution < -0.4 is 5.63 Å². The van der Waals surface area contributed by atoms with E-state index in [0.717, 1.165) is 27.7 Å². The molecule has 1 aromatic heterocycles. The molecule has 0 amide bonds. The Hall–Kier alpha value is -0.850. The molecule has 1 aromatic rings. The Kier molecular flexibility index (Phi) is 3.19. The molecular formula is C14H14FIO3. The van der Waals surface area contributed by atoms with E-state index < -0.39 is 11.4 Å². The Morgan fingerprint density at radius 1 is 1.42 bits per heavy atom. The Labute approximate surface area is 124 Å². The molecule has 1 aliphatic carbocycles.